The molecule has 0 radical (unpaired) electrons. The molecule has 2 aromatic rings. The molecule has 0 saturated heterocycles. The van der Waals surface area contributed by atoms with Crippen LogP contribution in [0.1, 0.15) is 12.0 Å². The summed E-state index contributed by atoms with van der Waals surface area (Å²) in [5.74, 6) is 5.61. The molecule has 0 spiro atoms. The molecule has 0 aliphatic rings. The fourth-order valence-electron chi connectivity index (χ4n) is 1.43. The van der Waals surface area contributed by atoms with Gasteiger partial charge in [-0.3, -0.25) is 4.79 Å². The number of aromatic nitrogens is 1. The van der Waals surface area contributed by atoms with E-state index < -0.39 is 0 Å². The maximum Gasteiger partial charge on any atom is 0.248 e. The molecule has 2 rings (SSSR count). The minimum absolute atomic E-state index is 0.130. The van der Waals surface area contributed by atoms with Crippen molar-refractivity contribution in [2.45, 2.75) is 6.42 Å². The Labute approximate surface area is 92.3 Å². The first-order chi connectivity index (χ1) is 7.79. The molecule has 16 heavy (non-hydrogen) atoms. The van der Waals surface area contributed by atoms with Crippen LogP contribution >= 0.6 is 0 Å². The van der Waals surface area contributed by atoms with Gasteiger partial charge in [-0.2, -0.15) is 5.26 Å². The molecule has 1 aromatic carbocycles. The predicted molar refractivity (Wildman–Crippen MR) is 61.7 cm³/mol. The largest absolute Gasteiger partial charge is 0.328 e. The van der Waals surface area contributed by atoms with E-state index in [4.69, 9.17) is 5.26 Å². The summed E-state index contributed by atoms with van der Waals surface area (Å²) in [5, 5.41) is 10.2. The van der Waals surface area contributed by atoms with Gasteiger partial charge in [-0.1, -0.05) is 17.9 Å². The van der Waals surface area contributed by atoms with Crippen LogP contribution in [0.5, 0.6) is 0 Å². The summed E-state index contributed by atoms with van der Waals surface area (Å²) in [4.78, 5) is 13.7. The fraction of sp³-hybridized carbons (Fsp3) is 0.0769. The molecular weight excluding hydrogens is 200 g/mol. The third-order valence-electron chi connectivity index (χ3n) is 2.14. The highest BCUT2D eigenvalue weighted by molar-refractivity contribution is 5.82. The Morgan fingerprint density at radius 2 is 2.12 bits per heavy atom. The number of nitrogens with one attached hydrogen (secondary N) is 1. The van der Waals surface area contributed by atoms with Gasteiger partial charge in [0.15, 0.2) is 0 Å². The van der Waals surface area contributed by atoms with Gasteiger partial charge in [0.25, 0.3) is 0 Å². The molecule has 3 heteroatoms. The Kier molecular flexibility index (Phi) is 2.71. The predicted octanol–water partition coefficient (Wildman–Crippen LogP) is 1.79. The summed E-state index contributed by atoms with van der Waals surface area (Å²) in [6.07, 6.45) is 1.89. The summed E-state index contributed by atoms with van der Waals surface area (Å²) in [5.41, 5.74) is 0.683. The number of rotatable bonds is 0. The molecule has 0 aliphatic carbocycles. The first-order valence-electron chi connectivity index (χ1n) is 4.78. The van der Waals surface area contributed by atoms with Crippen molar-refractivity contribution in [2.24, 2.45) is 0 Å². The van der Waals surface area contributed by atoms with E-state index in [2.05, 4.69) is 16.8 Å². The lowest BCUT2D eigenvalue weighted by molar-refractivity contribution is 1.27. The van der Waals surface area contributed by atoms with Crippen LogP contribution in [-0.4, -0.2) is 4.98 Å². The summed E-state index contributed by atoms with van der Waals surface area (Å²) in [7, 11) is 0. The molecule has 76 valence electrons. The lowest BCUT2D eigenvalue weighted by Gasteiger charge is -1.96. The van der Waals surface area contributed by atoms with Crippen molar-refractivity contribution in [3.05, 3.63) is 46.4 Å². The van der Waals surface area contributed by atoms with E-state index in [0.717, 1.165) is 16.3 Å². The van der Waals surface area contributed by atoms with Gasteiger partial charge in [0, 0.05) is 17.8 Å². The van der Waals surface area contributed by atoms with E-state index in [-0.39, 0.29) is 12.0 Å². The Morgan fingerprint density at radius 1 is 1.25 bits per heavy atom. The Hall–Kier alpha value is -2.52. The number of aromatic amines is 1. The van der Waals surface area contributed by atoms with Crippen molar-refractivity contribution in [3.63, 3.8) is 0 Å². The average Bonchev–Trinajstić information content (AvgIpc) is 2.29. The van der Waals surface area contributed by atoms with Gasteiger partial charge in [-0.25, -0.2) is 0 Å². The normalized spacial score (nSPS) is 9.19. The van der Waals surface area contributed by atoms with Crippen LogP contribution < -0.4 is 5.56 Å². The lowest BCUT2D eigenvalue weighted by Crippen LogP contribution is -2.01. The number of hydrogen-bond acceptors (Lipinski definition) is 2. The van der Waals surface area contributed by atoms with Crippen molar-refractivity contribution < 1.29 is 0 Å². The first kappa shape index (κ1) is 10.0. The van der Waals surface area contributed by atoms with E-state index in [9.17, 15) is 4.79 Å². The maximum absolute atomic E-state index is 11.1. The summed E-state index contributed by atoms with van der Waals surface area (Å²) in [6, 6.07) is 9.09. The zero-order chi connectivity index (χ0) is 11.4. The molecule has 0 unspecified atom stereocenters. The lowest BCUT2D eigenvalue weighted by atomic mass is 10.1. The monoisotopic (exact) mass is 208 g/mol. The molecule has 1 heterocycles. The quantitative estimate of drug-likeness (QED) is 0.671. The van der Waals surface area contributed by atoms with Gasteiger partial charge in [0.05, 0.1) is 12.5 Å². The van der Waals surface area contributed by atoms with Gasteiger partial charge >= 0.3 is 0 Å². The number of pyridine rings is 1. The number of benzene rings is 1. The number of H-pyrrole nitrogens is 1. The molecular formula is C13H8N2O. The molecule has 0 amide bonds. The summed E-state index contributed by atoms with van der Waals surface area (Å²) < 4.78 is 0. The molecule has 0 bridgehead atoms. The van der Waals surface area contributed by atoms with Gasteiger partial charge in [-0.15, -0.1) is 0 Å². The van der Waals surface area contributed by atoms with Crippen LogP contribution in [0.4, 0.5) is 0 Å². The molecule has 1 aromatic heterocycles. The number of nitriles is 1. The Morgan fingerprint density at radius 3 is 2.94 bits per heavy atom. The average molecular weight is 208 g/mol. The molecule has 0 saturated carbocycles. The van der Waals surface area contributed by atoms with Crippen LogP contribution in [0.2, 0.25) is 0 Å². The first-order valence-corrected chi connectivity index (χ1v) is 4.78. The van der Waals surface area contributed by atoms with Gasteiger partial charge in [0.1, 0.15) is 0 Å². The molecule has 0 fully saturated rings. The van der Waals surface area contributed by atoms with Crippen LogP contribution in [0, 0.1) is 23.2 Å². The van der Waals surface area contributed by atoms with E-state index in [0.29, 0.717) is 0 Å². The Balaban J connectivity index is 2.49. The van der Waals surface area contributed by atoms with E-state index in [1.54, 1.807) is 6.20 Å². The van der Waals surface area contributed by atoms with Gasteiger partial charge in [-0.05, 0) is 22.9 Å². The SMILES string of the molecule is N#CCC#Cc1ccc2c[nH]c(=O)cc2c1. The van der Waals surface area contributed by atoms with Gasteiger partial charge in [0.2, 0.25) is 5.56 Å². The van der Waals surface area contributed by atoms with E-state index >= 15 is 0 Å². The van der Waals surface area contributed by atoms with E-state index in [1.165, 1.54) is 6.07 Å². The molecule has 0 atom stereocenters. The highest BCUT2D eigenvalue weighted by Crippen LogP contribution is 2.12. The minimum atomic E-state index is -0.130. The van der Waals surface area contributed by atoms with Gasteiger partial charge < -0.3 is 4.98 Å². The van der Waals surface area contributed by atoms with Crippen LogP contribution in [0.25, 0.3) is 10.8 Å². The minimum Gasteiger partial charge on any atom is -0.328 e. The second-order valence-corrected chi connectivity index (χ2v) is 3.28. The van der Waals surface area contributed by atoms with Crippen molar-refractivity contribution in [1.82, 2.24) is 4.98 Å². The number of fused-ring (bicyclic) bond motifs is 1. The number of nitrogens with zero attached hydrogens (tertiary/aromatic N) is 1. The van der Waals surface area contributed by atoms with E-state index in [1.807, 2.05) is 24.3 Å². The topological polar surface area (TPSA) is 56.6 Å². The maximum atomic E-state index is 11.1. The van der Waals surface area contributed by atoms with Crippen LogP contribution in [0.3, 0.4) is 0 Å². The third-order valence-corrected chi connectivity index (χ3v) is 2.14. The number of hydrogen-bond donors (Lipinski definition) is 1. The summed E-state index contributed by atoms with van der Waals surface area (Å²) >= 11 is 0. The summed E-state index contributed by atoms with van der Waals surface area (Å²) in [6.45, 7) is 0. The zero-order valence-corrected chi connectivity index (χ0v) is 8.45. The van der Waals surface area contributed by atoms with Crippen LogP contribution in [0.15, 0.2) is 35.3 Å². The van der Waals surface area contributed by atoms with Crippen molar-refractivity contribution in [1.29, 1.82) is 5.26 Å². The zero-order valence-electron chi connectivity index (χ0n) is 8.45. The second kappa shape index (κ2) is 4.33. The Bertz CT molecular complexity index is 681. The molecule has 0 aliphatic heterocycles. The van der Waals surface area contributed by atoms with Crippen molar-refractivity contribution in [3.8, 4) is 17.9 Å². The second-order valence-electron chi connectivity index (χ2n) is 3.28. The van der Waals surface area contributed by atoms with Crippen molar-refractivity contribution in [2.75, 3.05) is 0 Å². The highest BCUT2D eigenvalue weighted by Gasteiger charge is 1.94. The smallest absolute Gasteiger partial charge is 0.248 e. The highest BCUT2D eigenvalue weighted by atomic mass is 16.1. The molecule has 1 N–H and O–H groups in total. The third kappa shape index (κ3) is 2.10. The van der Waals surface area contributed by atoms with Crippen LogP contribution in [-0.2, 0) is 0 Å². The molecule has 3 nitrogen and oxygen atoms in total. The van der Waals surface area contributed by atoms with Crippen molar-refractivity contribution >= 4 is 10.8 Å². The fourth-order valence-corrected chi connectivity index (χ4v) is 1.43. The standard InChI is InChI=1S/C13H8N2O/c14-6-2-1-3-10-4-5-11-9-15-13(16)8-12(11)7-10/h4-5,7-9H,2H2,(H,15,16).